The van der Waals surface area contributed by atoms with Gasteiger partial charge in [-0.25, -0.2) is 14.2 Å². The number of benzene rings is 6. The van der Waals surface area contributed by atoms with E-state index < -0.39 is 0 Å². The van der Waals surface area contributed by atoms with E-state index in [1.54, 1.807) is 0 Å². The van der Waals surface area contributed by atoms with Gasteiger partial charge in [0.2, 0.25) is 5.36 Å². The van der Waals surface area contributed by atoms with Crippen LogP contribution < -0.4 is 71.3 Å². The third-order valence-corrected chi connectivity index (χ3v) is 13.3. The van der Waals surface area contributed by atoms with Crippen LogP contribution in [0.1, 0.15) is 100 Å². The van der Waals surface area contributed by atoms with Crippen molar-refractivity contribution in [3.05, 3.63) is 155 Å². The van der Waals surface area contributed by atoms with Crippen molar-refractivity contribution in [1.82, 2.24) is 4.58 Å². The number of fused-ring (bicyclic) bond motifs is 4. The number of hydrogen-bond donors (Lipinski definition) is 0. The van der Waals surface area contributed by atoms with Crippen LogP contribution in [0, 0.1) is 0 Å². The zero-order valence-corrected chi connectivity index (χ0v) is 49.7. The Morgan fingerprint density at radius 2 is 1.04 bits per heavy atom. The second-order valence-electron chi connectivity index (χ2n) is 16.7. The third-order valence-electron chi connectivity index (χ3n) is 13.3. The molecule has 0 atom stereocenters. The summed E-state index contributed by atoms with van der Waals surface area (Å²) in [5, 5.41) is 2.28. The van der Waals surface area contributed by atoms with Crippen LogP contribution in [-0.4, -0.2) is 97.7 Å². The van der Waals surface area contributed by atoms with Crippen molar-refractivity contribution >= 4 is 71.6 Å². The predicted molar refractivity (Wildman–Crippen MR) is 305 cm³/mol. The minimum atomic E-state index is -0.350. The first-order valence-corrected chi connectivity index (χ1v) is 25.9. The molecule has 0 aromatic heterocycles. The summed E-state index contributed by atoms with van der Waals surface area (Å²) in [6.45, 7) is 24.6. The Morgan fingerprint density at radius 1 is 0.587 bits per heavy atom. The summed E-state index contributed by atoms with van der Waals surface area (Å²) >= 11 is 9.53. The van der Waals surface area contributed by atoms with Crippen molar-refractivity contribution in [1.29, 1.82) is 0 Å². The van der Waals surface area contributed by atoms with E-state index in [0.717, 1.165) is 136 Å². The van der Waals surface area contributed by atoms with Crippen molar-refractivity contribution in [3.8, 4) is 33.9 Å². The SMILES string of the molecule is CCN(CC)c1ccc2c(-c3ccccc3C(=O)OC)c3ccc(=[N+](CC)CC)cc-3oc2c1.CCN(CC)c1ccc2c(c1)Oc1cc(N(CC)CC)ccc1C2c1ccccc1C(=O)OC.ClCCl.O.[B].[Cl-].[H-].[Na+]. The van der Waals surface area contributed by atoms with Gasteiger partial charge in [-0.2, -0.15) is 0 Å². The first-order chi connectivity index (χ1) is 34.5. The van der Waals surface area contributed by atoms with Crippen LogP contribution in [0.3, 0.4) is 0 Å². The summed E-state index contributed by atoms with van der Waals surface area (Å²) in [5.41, 5.74) is 11.1. The molecule has 0 saturated carbocycles. The number of methoxy groups -OCH3 is 2. The molecule has 2 N–H and O–H groups in total. The number of ether oxygens (including phenoxy) is 3. The molecule has 0 spiro atoms. The Kier molecular flexibility index (Phi) is 27.9. The molecule has 5 aromatic rings. The Balaban J connectivity index is 0.000000680. The van der Waals surface area contributed by atoms with Crippen molar-refractivity contribution in [2.75, 3.05) is 86.6 Å². The monoisotopic (exact) mass is 1090 g/mol. The molecule has 75 heavy (non-hydrogen) atoms. The van der Waals surface area contributed by atoms with E-state index in [-0.39, 0.29) is 80.5 Å². The molecule has 5 aromatic carbocycles. The number of hydrogen-bond acceptors (Lipinski definition) is 9. The van der Waals surface area contributed by atoms with Crippen molar-refractivity contribution in [2.45, 2.75) is 61.3 Å². The van der Waals surface area contributed by atoms with Gasteiger partial charge in [0.15, 0.2) is 0 Å². The van der Waals surface area contributed by atoms with Crippen LogP contribution in [0.4, 0.5) is 17.1 Å². The number of esters is 2. The minimum absolute atomic E-state index is 0. The number of halogens is 3. The van der Waals surface area contributed by atoms with Crippen molar-refractivity contribution < 1.29 is 77.1 Å². The van der Waals surface area contributed by atoms with Crippen molar-refractivity contribution in [3.63, 3.8) is 0 Å². The van der Waals surface area contributed by atoms with Gasteiger partial charge in [-0.15, -0.1) is 23.2 Å². The fourth-order valence-corrected chi connectivity index (χ4v) is 9.65. The summed E-state index contributed by atoms with van der Waals surface area (Å²) in [4.78, 5) is 32.3. The molecule has 8 rings (SSSR count). The average Bonchev–Trinajstić information content (AvgIpc) is 3.40. The topological polar surface area (TPSA) is 119 Å². The first-order valence-electron chi connectivity index (χ1n) is 24.8. The molecule has 0 unspecified atom stereocenters. The number of carbonyl (C=O) groups is 2. The fourth-order valence-electron chi connectivity index (χ4n) is 9.65. The molecule has 11 nitrogen and oxygen atoms in total. The zero-order chi connectivity index (χ0) is 51.2. The molecule has 16 heteroatoms. The van der Waals surface area contributed by atoms with Gasteiger partial charge in [0.25, 0.3) is 0 Å². The van der Waals surface area contributed by atoms with Crippen LogP contribution in [0.2, 0.25) is 0 Å². The maximum atomic E-state index is 12.7. The van der Waals surface area contributed by atoms with Gasteiger partial charge in [-0.1, -0.05) is 48.5 Å². The summed E-state index contributed by atoms with van der Waals surface area (Å²) in [6, 6.07) is 40.9. The Labute approximate surface area is 486 Å². The smallest absolute Gasteiger partial charge is 1.00 e. The van der Waals surface area contributed by atoms with Gasteiger partial charge in [0.1, 0.15) is 35.9 Å². The van der Waals surface area contributed by atoms with Crippen LogP contribution in [0.25, 0.3) is 33.4 Å². The Hall–Kier alpha value is -5.18. The van der Waals surface area contributed by atoms with E-state index in [4.69, 9.17) is 41.8 Å². The Morgan fingerprint density at radius 3 is 1.53 bits per heavy atom. The molecule has 2 heterocycles. The molecular weight excluding hydrogens is 1020 g/mol. The zero-order valence-electron chi connectivity index (χ0n) is 46.4. The standard InChI is InChI=1S/C29H34N2O3.C29H33N2O3.CH2Cl2.B.ClH.Na.H2O.H/c2*1-6-30(7-2)20-14-16-24-26(18-20)34-27-19-21(31(8-3)9-4)15-17-25(27)28(24)22-12-10-11-13-23(22)29(32)33-5;2-1-3;;;;;/h10-19,28H,6-9H2,1-5H3;10-19H,6-9H2,1-5H3;1H2;;1H;;1H2;/q;+1;;;;+1;;-1/p-1. The molecule has 0 saturated heterocycles. The molecule has 395 valence electrons. The van der Waals surface area contributed by atoms with Gasteiger partial charge in [0.05, 0.1) is 36.8 Å². The van der Waals surface area contributed by atoms with Crippen molar-refractivity contribution in [2.24, 2.45) is 0 Å². The molecule has 2 aliphatic heterocycles. The second-order valence-corrected chi connectivity index (χ2v) is 17.5. The van der Waals surface area contributed by atoms with Crippen LogP contribution in [0.15, 0.2) is 126 Å². The fraction of sp³-hybridized carbons (Fsp3) is 0.339. The Bertz CT molecular complexity index is 2920. The number of anilines is 3. The molecular formula is C59H72BCl3N4NaO7. The number of rotatable bonds is 15. The number of nitrogens with zero attached hydrogens (tertiary/aromatic N) is 4. The van der Waals surface area contributed by atoms with E-state index >= 15 is 0 Å². The predicted octanol–water partition coefficient (Wildman–Crippen LogP) is 6.44. The van der Waals surface area contributed by atoms with Gasteiger partial charge >= 0.3 is 41.5 Å². The quantitative estimate of drug-likeness (QED) is 0.0376. The second kappa shape index (κ2) is 31.8. The van der Waals surface area contributed by atoms with Gasteiger partial charge in [-0.3, -0.25) is 0 Å². The number of carbonyl (C=O) groups excluding carboxylic acids is 2. The molecule has 1 aliphatic carbocycles. The summed E-state index contributed by atoms with van der Waals surface area (Å²) < 4.78 is 25.6. The van der Waals surface area contributed by atoms with E-state index in [0.29, 0.717) is 11.1 Å². The summed E-state index contributed by atoms with van der Waals surface area (Å²) in [6.07, 6.45) is 0. The first kappa shape index (κ1) is 65.9. The average molecular weight is 1090 g/mol. The van der Waals surface area contributed by atoms with Gasteiger partial charge in [0, 0.05) is 123 Å². The van der Waals surface area contributed by atoms with E-state index in [1.165, 1.54) is 14.2 Å². The van der Waals surface area contributed by atoms with Crippen LogP contribution >= 0.6 is 23.2 Å². The minimum Gasteiger partial charge on any atom is -1.00 e. The number of alkyl halides is 2. The van der Waals surface area contributed by atoms with Crippen LogP contribution in [-0.2, 0) is 9.47 Å². The van der Waals surface area contributed by atoms with Gasteiger partial charge < -0.3 is 52.6 Å². The third kappa shape index (κ3) is 14.7. The van der Waals surface area contributed by atoms with E-state index in [2.05, 4.69) is 147 Å². The normalized spacial score (nSPS) is 10.9. The maximum absolute atomic E-state index is 12.7. The molecule has 0 amide bonds. The summed E-state index contributed by atoms with van der Waals surface area (Å²) in [7, 11) is 2.85. The summed E-state index contributed by atoms with van der Waals surface area (Å²) in [5.74, 6) is 1.65. The van der Waals surface area contributed by atoms with E-state index in [1.807, 2.05) is 48.5 Å². The molecule has 0 fully saturated rings. The molecule has 3 aliphatic rings. The molecule has 3 radical (unpaired) electrons. The van der Waals surface area contributed by atoms with Gasteiger partial charge in [-0.05, 0) is 109 Å². The van der Waals surface area contributed by atoms with Crippen LogP contribution in [0.5, 0.6) is 11.5 Å². The largest absolute Gasteiger partial charge is 1.00 e. The van der Waals surface area contributed by atoms with E-state index in [9.17, 15) is 9.59 Å². The maximum Gasteiger partial charge on any atom is 1.00 e. The molecule has 0 bridgehead atoms.